The third-order valence-electron chi connectivity index (χ3n) is 7.21. The van der Waals surface area contributed by atoms with E-state index in [1.807, 2.05) is 6.20 Å². The Bertz CT molecular complexity index is 1190. The standard InChI is InChI=1S/C29H36F3N3O3/c1-5-7-22(35-26(37)20-11-18(30)12-21(31)25(20)32)24(36)16-33-23-14-29(8-6-9-29)38-27-19(23)10-17(15-34-27)13-28(2,3)4/h5,10-12,15,22-24,33,36H,1,6-9,13-14,16H2,2-4H3,(H,35,37)/t22-,23-,24+/m0/s1. The quantitative estimate of drug-likeness (QED) is 0.308. The van der Waals surface area contributed by atoms with E-state index in [9.17, 15) is 23.1 Å². The molecule has 0 saturated heterocycles. The topological polar surface area (TPSA) is 83.5 Å². The number of aliphatic hydroxyl groups excluding tert-OH is 1. The summed E-state index contributed by atoms with van der Waals surface area (Å²) in [5.74, 6) is -4.40. The molecule has 1 spiro atoms. The van der Waals surface area contributed by atoms with Crippen LogP contribution in [0.5, 0.6) is 5.88 Å². The van der Waals surface area contributed by atoms with Gasteiger partial charge < -0.3 is 20.5 Å². The summed E-state index contributed by atoms with van der Waals surface area (Å²) < 4.78 is 47.7. The van der Waals surface area contributed by atoms with Crippen molar-refractivity contribution in [2.24, 2.45) is 5.41 Å². The van der Waals surface area contributed by atoms with Gasteiger partial charge in [-0.1, -0.05) is 26.8 Å². The van der Waals surface area contributed by atoms with Crippen molar-refractivity contribution in [3.8, 4) is 5.88 Å². The number of aromatic nitrogens is 1. The molecule has 2 aliphatic rings. The Balaban J connectivity index is 1.49. The Morgan fingerprint density at radius 2 is 2.03 bits per heavy atom. The number of carbonyl (C=O) groups is 1. The van der Waals surface area contributed by atoms with Gasteiger partial charge in [-0.15, -0.1) is 6.58 Å². The number of carbonyl (C=O) groups excluding carboxylic acids is 1. The maximum absolute atomic E-state index is 14.1. The fourth-order valence-electron chi connectivity index (χ4n) is 5.21. The molecule has 1 fully saturated rings. The Labute approximate surface area is 221 Å². The fourth-order valence-corrected chi connectivity index (χ4v) is 5.21. The van der Waals surface area contributed by atoms with Crippen LogP contribution in [-0.4, -0.2) is 40.3 Å². The summed E-state index contributed by atoms with van der Waals surface area (Å²) in [4.78, 5) is 17.3. The van der Waals surface area contributed by atoms with Crippen molar-refractivity contribution in [3.63, 3.8) is 0 Å². The Hall–Kier alpha value is -2.91. The maximum Gasteiger partial charge on any atom is 0.254 e. The molecule has 9 heteroatoms. The van der Waals surface area contributed by atoms with Crippen molar-refractivity contribution in [1.82, 2.24) is 15.6 Å². The van der Waals surface area contributed by atoms with E-state index < -0.39 is 41.1 Å². The summed E-state index contributed by atoms with van der Waals surface area (Å²) in [6.07, 6.45) is 6.96. The molecule has 0 bridgehead atoms. The Morgan fingerprint density at radius 1 is 1.29 bits per heavy atom. The summed E-state index contributed by atoms with van der Waals surface area (Å²) in [7, 11) is 0. The Morgan fingerprint density at radius 3 is 2.66 bits per heavy atom. The van der Waals surface area contributed by atoms with Gasteiger partial charge >= 0.3 is 0 Å². The van der Waals surface area contributed by atoms with E-state index in [2.05, 4.69) is 49.0 Å². The van der Waals surface area contributed by atoms with Crippen molar-refractivity contribution in [2.75, 3.05) is 6.54 Å². The van der Waals surface area contributed by atoms with Crippen LogP contribution < -0.4 is 15.4 Å². The van der Waals surface area contributed by atoms with Gasteiger partial charge in [0.15, 0.2) is 11.6 Å². The van der Waals surface area contributed by atoms with Gasteiger partial charge in [0.05, 0.1) is 17.7 Å². The van der Waals surface area contributed by atoms with E-state index in [-0.39, 0.29) is 30.0 Å². The number of nitrogens with zero attached hydrogens (tertiary/aromatic N) is 1. The van der Waals surface area contributed by atoms with Crippen LogP contribution in [0.3, 0.4) is 0 Å². The lowest BCUT2D eigenvalue weighted by molar-refractivity contribution is -0.0420. The summed E-state index contributed by atoms with van der Waals surface area (Å²) in [5, 5.41) is 16.9. The van der Waals surface area contributed by atoms with Gasteiger partial charge in [0, 0.05) is 36.8 Å². The van der Waals surface area contributed by atoms with Crippen molar-refractivity contribution in [2.45, 2.75) is 83.1 Å². The minimum absolute atomic E-state index is 0.0833. The van der Waals surface area contributed by atoms with Gasteiger partial charge in [-0.05, 0) is 55.2 Å². The van der Waals surface area contributed by atoms with E-state index in [0.717, 1.165) is 43.2 Å². The monoisotopic (exact) mass is 531 g/mol. The minimum atomic E-state index is -1.46. The van der Waals surface area contributed by atoms with Crippen LogP contribution in [-0.2, 0) is 6.42 Å². The number of fused-ring (bicyclic) bond motifs is 1. The van der Waals surface area contributed by atoms with Crippen LogP contribution in [0.15, 0.2) is 37.1 Å². The van der Waals surface area contributed by atoms with Gasteiger partial charge in [0.1, 0.15) is 11.4 Å². The third kappa shape index (κ3) is 6.38. The molecule has 1 aromatic carbocycles. The number of amides is 1. The molecule has 1 saturated carbocycles. The summed E-state index contributed by atoms with van der Waals surface area (Å²) in [6, 6.07) is 2.11. The van der Waals surface area contributed by atoms with E-state index in [1.165, 1.54) is 6.08 Å². The average Bonchev–Trinajstić information content (AvgIpc) is 2.82. The summed E-state index contributed by atoms with van der Waals surface area (Å²) >= 11 is 0. The van der Waals surface area contributed by atoms with Crippen molar-refractivity contribution in [3.05, 3.63) is 71.2 Å². The zero-order valence-corrected chi connectivity index (χ0v) is 22.1. The number of hydrogen-bond donors (Lipinski definition) is 3. The summed E-state index contributed by atoms with van der Waals surface area (Å²) in [6.45, 7) is 10.3. The number of rotatable bonds is 9. The first-order valence-corrected chi connectivity index (χ1v) is 13.1. The lowest BCUT2D eigenvalue weighted by Gasteiger charge is -2.47. The second kappa shape index (κ2) is 11.1. The number of ether oxygens (including phenoxy) is 1. The van der Waals surface area contributed by atoms with Crippen LogP contribution in [0, 0.1) is 22.9 Å². The minimum Gasteiger partial charge on any atom is -0.471 e. The normalized spacial score (nSPS) is 19.6. The number of aliphatic hydroxyl groups is 1. The Kier molecular flexibility index (Phi) is 8.18. The predicted molar refractivity (Wildman–Crippen MR) is 138 cm³/mol. The smallest absolute Gasteiger partial charge is 0.254 e. The van der Waals surface area contributed by atoms with E-state index >= 15 is 0 Å². The molecular formula is C29H36F3N3O3. The van der Waals surface area contributed by atoms with Crippen LogP contribution in [0.4, 0.5) is 13.2 Å². The second-order valence-corrected chi connectivity index (χ2v) is 11.7. The highest BCUT2D eigenvalue weighted by Gasteiger charge is 2.46. The van der Waals surface area contributed by atoms with Crippen molar-refractivity contribution >= 4 is 5.91 Å². The van der Waals surface area contributed by atoms with Crippen LogP contribution in [0.1, 0.15) is 80.4 Å². The molecule has 1 aliphatic heterocycles. The highest BCUT2D eigenvalue weighted by molar-refractivity contribution is 5.94. The largest absolute Gasteiger partial charge is 0.471 e. The number of halogens is 3. The highest BCUT2D eigenvalue weighted by atomic mass is 19.2. The van der Waals surface area contributed by atoms with Crippen LogP contribution >= 0.6 is 0 Å². The molecule has 1 amide bonds. The molecule has 4 rings (SSSR count). The molecule has 2 aromatic rings. The molecule has 6 nitrogen and oxygen atoms in total. The fraction of sp³-hybridized carbons (Fsp3) is 0.517. The van der Waals surface area contributed by atoms with Gasteiger partial charge in [-0.25, -0.2) is 18.2 Å². The maximum atomic E-state index is 14.1. The zero-order valence-electron chi connectivity index (χ0n) is 22.1. The van der Waals surface area contributed by atoms with Crippen molar-refractivity contribution in [1.29, 1.82) is 0 Å². The van der Waals surface area contributed by atoms with Crippen LogP contribution in [0.2, 0.25) is 0 Å². The van der Waals surface area contributed by atoms with Gasteiger partial charge in [0.25, 0.3) is 5.91 Å². The van der Waals surface area contributed by atoms with E-state index in [0.29, 0.717) is 18.0 Å². The molecule has 38 heavy (non-hydrogen) atoms. The van der Waals surface area contributed by atoms with Gasteiger partial charge in [0.2, 0.25) is 5.88 Å². The highest BCUT2D eigenvalue weighted by Crippen LogP contribution is 2.48. The van der Waals surface area contributed by atoms with E-state index in [4.69, 9.17) is 4.74 Å². The number of benzene rings is 1. The first-order valence-electron chi connectivity index (χ1n) is 13.1. The lowest BCUT2D eigenvalue weighted by Crippen LogP contribution is -2.52. The first-order chi connectivity index (χ1) is 17.9. The molecule has 0 unspecified atom stereocenters. The predicted octanol–water partition coefficient (Wildman–Crippen LogP) is 5.16. The molecule has 1 aliphatic carbocycles. The number of pyridine rings is 1. The molecule has 206 valence electrons. The zero-order chi connectivity index (χ0) is 27.7. The lowest BCUT2D eigenvalue weighted by atomic mass is 9.73. The molecule has 1 aromatic heterocycles. The van der Waals surface area contributed by atoms with Crippen LogP contribution in [0.25, 0.3) is 0 Å². The molecule has 3 N–H and O–H groups in total. The molecular weight excluding hydrogens is 495 g/mol. The number of nitrogens with one attached hydrogen (secondary N) is 2. The average molecular weight is 532 g/mol. The summed E-state index contributed by atoms with van der Waals surface area (Å²) in [5.41, 5.74) is 1.07. The molecule has 0 radical (unpaired) electrons. The van der Waals surface area contributed by atoms with Gasteiger partial charge in [-0.3, -0.25) is 4.79 Å². The van der Waals surface area contributed by atoms with E-state index in [1.54, 1.807) is 0 Å². The van der Waals surface area contributed by atoms with Gasteiger partial charge in [-0.2, -0.15) is 0 Å². The third-order valence-corrected chi connectivity index (χ3v) is 7.21. The SMILES string of the molecule is C=CC[C@H](NC(=O)c1cc(F)cc(F)c1F)[C@H](O)CN[C@H]1CC2(CCC2)Oc2ncc(CC(C)(C)C)cc21. The number of hydrogen-bond acceptors (Lipinski definition) is 5. The second-order valence-electron chi connectivity index (χ2n) is 11.7. The molecule has 2 heterocycles. The first kappa shape index (κ1) is 28.1. The van der Waals surface area contributed by atoms with Crippen molar-refractivity contribution < 1.29 is 27.8 Å². The molecule has 3 atom stereocenters.